The van der Waals surface area contributed by atoms with E-state index in [2.05, 4.69) is 6.92 Å². The van der Waals surface area contributed by atoms with Crippen molar-refractivity contribution in [2.45, 2.75) is 51.9 Å². The largest absolute Gasteiger partial charge is 0.449 e. The number of carbonyl (C=O) groups excluding carboxylic acids is 1. The topological polar surface area (TPSA) is 29.5 Å². The number of carbonyl (C=O) groups is 1. The van der Waals surface area contributed by atoms with Gasteiger partial charge in [-0.15, -0.1) is 0 Å². The number of hydrogen-bond acceptors (Lipinski definition) is 2. The fourth-order valence-electron chi connectivity index (χ4n) is 1.86. The minimum Gasteiger partial charge on any atom is -0.449 e. The van der Waals surface area contributed by atoms with E-state index in [9.17, 15) is 4.79 Å². The minimum absolute atomic E-state index is 0.104. The van der Waals surface area contributed by atoms with Gasteiger partial charge in [-0.05, 0) is 19.3 Å². The first-order valence-corrected chi connectivity index (χ1v) is 6.26. The van der Waals surface area contributed by atoms with Crippen LogP contribution in [0.4, 0.5) is 4.79 Å². The molecule has 0 aromatic rings. The lowest BCUT2D eigenvalue weighted by atomic mass is 10.2. The van der Waals surface area contributed by atoms with Crippen LogP contribution in [0.15, 0.2) is 0 Å². The van der Waals surface area contributed by atoms with E-state index < -0.39 is 0 Å². The van der Waals surface area contributed by atoms with Crippen LogP contribution in [0.25, 0.3) is 0 Å². The molecule has 0 aliphatic carbocycles. The van der Waals surface area contributed by atoms with E-state index >= 15 is 0 Å². The van der Waals surface area contributed by atoms with Crippen LogP contribution >= 0.6 is 0 Å². The predicted octanol–water partition coefficient (Wildman–Crippen LogP) is 3.19. The van der Waals surface area contributed by atoms with E-state index in [-0.39, 0.29) is 6.09 Å². The number of unbranched alkanes of at least 4 members (excludes halogenated alkanes) is 2. The molecule has 0 spiro atoms. The van der Waals surface area contributed by atoms with Crippen LogP contribution in [-0.2, 0) is 4.74 Å². The van der Waals surface area contributed by atoms with Gasteiger partial charge in [-0.3, -0.25) is 0 Å². The summed E-state index contributed by atoms with van der Waals surface area (Å²) < 4.78 is 5.23. The molecule has 1 rings (SSSR count). The third-order valence-corrected chi connectivity index (χ3v) is 2.84. The molecule has 0 N–H and O–H groups in total. The molecule has 1 aliphatic heterocycles. The monoisotopic (exact) mass is 213 g/mol. The molecule has 0 radical (unpaired) electrons. The van der Waals surface area contributed by atoms with Gasteiger partial charge in [-0.25, -0.2) is 4.79 Å². The highest BCUT2D eigenvalue weighted by Gasteiger charge is 2.15. The highest BCUT2D eigenvalue weighted by Crippen LogP contribution is 2.10. The summed E-state index contributed by atoms with van der Waals surface area (Å²) in [6.07, 6.45) is 7.96. The smallest absolute Gasteiger partial charge is 0.409 e. The standard InChI is InChI=1S/C12H23NO2/c1-2-3-8-11-15-12(14)13-9-6-4-5-7-10-13/h2-11H2,1H3. The molecule has 3 nitrogen and oxygen atoms in total. The molecule has 88 valence electrons. The van der Waals surface area contributed by atoms with Crippen molar-refractivity contribution in [1.82, 2.24) is 4.90 Å². The lowest BCUT2D eigenvalue weighted by molar-refractivity contribution is 0.102. The highest BCUT2D eigenvalue weighted by molar-refractivity contribution is 5.67. The van der Waals surface area contributed by atoms with Crippen molar-refractivity contribution in [3.63, 3.8) is 0 Å². The molecule has 0 aromatic heterocycles. The Morgan fingerprint density at radius 2 is 1.80 bits per heavy atom. The summed E-state index contributed by atoms with van der Waals surface area (Å²) in [6, 6.07) is 0. The van der Waals surface area contributed by atoms with Crippen LogP contribution in [0.2, 0.25) is 0 Å². The summed E-state index contributed by atoms with van der Waals surface area (Å²) in [5.74, 6) is 0. The molecule has 15 heavy (non-hydrogen) atoms. The first-order chi connectivity index (χ1) is 7.34. The number of likely N-dealkylation sites (tertiary alicyclic amines) is 1. The summed E-state index contributed by atoms with van der Waals surface area (Å²) in [6.45, 7) is 4.50. The van der Waals surface area contributed by atoms with E-state index in [1.165, 1.54) is 19.3 Å². The van der Waals surface area contributed by atoms with Crippen LogP contribution in [0, 0.1) is 0 Å². The van der Waals surface area contributed by atoms with Crippen molar-refractivity contribution in [3.05, 3.63) is 0 Å². The average molecular weight is 213 g/mol. The third kappa shape index (κ3) is 5.05. The predicted molar refractivity (Wildman–Crippen MR) is 60.9 cm³/mol. The highest BCUT2D eigenvalue weighted by atomic mass is 16.6. The van der Waals surface area contributed by atoms with Gasteiger partial charge in [-0.1, -0.05) is 32.6 Å². The van der Waals surface area contributed by atoms with Gasteiger partial charge >= 0.3 is 6.09 Å². The maximum Gasteiger partial charge on any atom is 0.409 e. The molecule has 0 aromatic carbocycles. The Balaban J connectivity index is 2.14. The second-order valence-electron chi connectivity index (χ2n) is 4.22. The molecule has 1 heterocycles. The maximum atomic E-state index is 11.6. The van der Waals surface area contributed by atoms with Gasteiger partial charge in [0, 0.05) is 13.1 Å². The Hall–Kier alpha value is -0.730. The molecule has 1 aliphatic rings. The number of nitrogens with zero attached hydrogens (tertiary/aromatic N) is 1. The second-order valence-corrected chi connectivity index (χ2v) is 4.22. The Bertz CT molecular complexity index is 174. The molecule has 0 atom stereocenters. The van der Waals surface area contributed by atoms with Gasteiger partial charge in [0.1, 0.15) is 0 Å². The molecule has 3 heteroatoms. The average Bonchev–Trinajstić information content (AvgIpc) is 2.52. The van der Waals surface area contributed by atoms with E-state index in [1.807, 2.05) is 4.90 Å². The molecule has 0 bridgehead atoms. The molecular weight excluding hydrogens is 190 g/mol. The number of hydrogen-bond donors (Lipinski definition) is 0. The zero-order valence-corrected chi connectivity index (χ0v) is 9.83. The van der Waals surface area contributed by atoms with Crippen LogP contribution in [0.3, 0.4) is 0 Å². The van der Waals surface area contributed by atoms with Gasteiger partial charge in [0.05, 0.1) is 6.61 Å². The van der Waals surface area contributed by atoms with Crippen molar-refractivity contribution < 1.29 is 9.53 Å². The van der Waals surface area contributed by atoms with E-state index in [0.717, 1.165) is 38.8 Å². The van der Waals surface area contributed by atoms with Crippen LogP contribution in [0.5, 0.6) is 0 Å². The first kappa shape index (κ1) is 12.3. The van der Waals surface area contributed by atoms with Crippen molar-refractivity contribution >= 4 is 6.09 Å². The normalized spacial score (nSPS) is 17.3. The summed E-state index contributed by atoms with van der Waals surface area (Å²) in [5.41, 5.74) is 0. The maximum absolute atomic E-state index is 11.6. The first-order valence-electron chi connectivity index (χ1n) is 6.26. The Labute approximate surface area is 92.8 Å². The molecule has 1 amide bonds. The van der Waals surface area contributed by atoms with Gasteiger partial charge in [-0.2, -0.15) is 0 Å². The van der Waals surface area contributed by atoms with Gasteiger partial charge in [0.15, 0.2) is 0 Å². The fourth-order valence-corrected chi connectivity index (χ4v) is 1.86. The van der Waals surface area contributed by atoms with Crippen molar-refractivity contribution in [1.29, 1.82) is 0 Å². The fraction of sp³-hybridized carbons (Fsp3) is 0.917. The zero-order chi connectivity index (χ0) is 10.9. The van der Waals surface area contributed by atoms with Crippen molar-refractivity contribution in [3.8, 4) is 0 Å². The molecule has 0 saturated carbocycles. The van der Waals surface area contributed by atoms with Crippen LogP contribution in [-0.4, -0.2) is 30.7 Å². The second kappa shape index (κ2) is 7.55. The zero-order valence-electron chi connectivity index (χ0n) is 9.83. The molecular formula is C12H23NO2. The molecule has 0 unspecified atom stereocenters. The summed E-state index contributed by atoms with van der Waals surface area (Å²) in [7, 11) is 0. The quantitative estimate of drug-likeness (QED) is 0.671. The number of rotatable bonds is 4. The Morgan fingerprint density at radius 3 is 2.40 bits per heavy atom. The Kier molecular flexibility index (Phi) is 6.21. The van der Waals surface area contributed by atoms with Crippen molar-refractivity contribution in [2.75, 3.05) is 19.7 Å². The van der Waals surface area contributed by atoms with E-state index in [4.69, 9.17) is 4.74 Å². The SMILES string of the molecule is CCCCCOC(=O)N1CCCCCC1. The third-order valence-electron chi connectivity index (χ3n) is 2.84. The number of amides is 1. The van der Waals surface area contributed by atoms with Gasteiger partial charge in [0.2, 0.25) is 0 Å². The summed E-state index contributed by atoms with van der Waals surface area (Å²) >= 11 is 0. The van der Waals surface area contributed by atoms with E-state index in [1.54, 1.807) is 0 Å². The van der Waals surface area contributed by atoms with Crippen LogP contribution < -0.4 is 0 Å². The van der Waals surface area contributed by atoms with Crippen molar-refractivity contribution in [2.24, 2.45) is 0 Å². The van der Waals surface area contributed by atoms with E-state index in [0.29, 0.717) is 6.61 Å². The summed E-state index contributed by atoms with van der Waals surface area (Å²) in [4.78, 5) is 13.5. The van der Waals surface area contributed by atoms with Crippen LogP contribution in [0.1, 0.15) is 51.9 Å². The Morgan fingerprint density at radius 1 is 1.13 bits per heavy atom. The van der Waals surface area contributed by atoms with Gasteiger partial charge < -0.3 is 9.64 Å². The van der Waals surface area contributed by atoms with Gasteiger partial charge in [0.25, 0.3) is 0 Å². The molecule has 1 saturated heterocycles. The lowest BCUT2D eigenvalue weighted by Crippen LogP contribution is -2.32. The molecule has 1 fully saturated rings. The number of ether oxygens (including phenoxy) is 1. The lowest BCUT2D eigenvalue weighted by Gasteiger charge is -2.19. The summed E-state index contributed by atoms with van der Waals surface area (Å²) in [5, 5.41) is 0. The minimum atomic E-state index is -0.104.